The van der Waals surface area contributed by atoms with Crippen LogP contribution < -0.4 is 0 Å². The summed E-state index contributed by atoms with van der Waals surface area (Å²) in [7, 11) is -4.64. The lowest BCUT2D eigenvalue weighted by Gasteiger charge is -1.82. The van der Waals surface area contributed by atoms with E-state index < -0.39 is 7.82 Å². The first-order valence-corrected chi connectivity index (χ1v) is 2.35. The molecule has 0 heterocycles. The summed E-state index contributed by atoms with van der Waals surface area (Å²) in [5.74, 6) is 0. The second-order valence-corrected chi connectivity index (χ2v) is 1.54. The Morgan fingerprint density at radius 1 is 1.14 bits per heavy atom. The maximum absolute atomic E-state index is 8.88. The largest absolute Gasteiger partial charge is 0.466 e. The molecule has 7 heteroatoms. The van der Waals surface area contributed by atoms with E-state index >= 15 is 0 Å². The van der Waals surface area contributed by atoms with E-state index in [-0.39, 0.29) is 13.1 Å². The average molecular weight is 132 g/mol. The normalized spacial score (nSPS) is 8.43. The van der Waals surface area contributed by atoms with Crippen LogP contribution in [0.1, 0.15) is 0 Å². The lowest BCUT2D eigenvalue weighted by atomic mass is 10.8. The average Bonchev–Trinajstić information content (AvgIpc) is 0.722. The SMILES string of the molecule is B.F.O=P(O)(O)O. The van der Waals surface area contributed by atoms with Crippen molar-refractivity contribution >= 4 is 16.2 Å². The Bertz CT molecular complexity index is 57.8. The van der Waals surface area contributed by atoms with E-state index in [1.54, 1.807) is 0 Å². The van der Waals surface area contributed by atoms with Gasteiger partial charge in [-0.05, 0) is 0 Å². The van der Waals surface area contributed by atoms with Crippen LogP contribution in [0.2, 0.25) is 0 Å². The van der Waals surface area contributed by atoms with Gasteiger partial charge in [-0.25, -0.2) is 4.57 Å². The molecule has 0 aliphatic heterocycles. The molecule has 0 saturated carbocycles. The van der Waals surface area contributed by atoms with Crippen LogP contribution in [0.3, 0.4) is 0 Å². The van der Waals surface area contributed by atoms with Crippen LogP contribution in [-0.2, 0) is 4.57 Å². The summed E-state index contributed by atoms with van der Waals surface area (Å²) in [6.45, 7) is 0. The molecule has 0 bridgehead atoms. The number of phosphoric acid groups is 1. The quantitative estimate of drug-likeness (QED) is 0.264. The molecule has 0 rings (SSSR count). The number of hydrogen-bond acceptors (Lipinski definition) is 1. The van der Waals surface area contributed by atoms with Gasteiger partial charge in [0.05, 0.1) is 8.41 Å². The zero-order valence-corrected chi connectivity index (χ0v) is 3.50. The Labute approximate surface area is 41.4 Å². The summed E-state index contributed by atoms with van der Waals surface area (Å²) in [5.41, 5.74) is 0. The zero-order chi connectivity index (χ0) is 4.50. The predicted octanol–water partition coefficient (Wildman–Crippen LogP) is -1.96. The van der Waals surface area contributed by atoms with Crippen molar-refractivity contribution in [1.82, 2.24) is 0 Å². The van der Waals surface area contributed by atoms with E-state index in [0.717, 1.165) is 0 Å². The second-order valence-electron chi connectivity index (χ2n) is 0.513. The molecule has 46 valence electrons. The van der Waals surface area contributed by atoms with Gasteiger partial charge in [0.1, 0.15) is 0 Å². The fourth-order valence-electron chi connectivity index (χ4n) is 0. The summed E-state index contributed by atoms with van der Waals surface area (Å²) in [6.07, 6.45) is 0. The fourth-order valence-corrected chi connectivity index (χ4v) is 0. The molecule has 0 fully saturated rings. The third-order valence-corrected chi connectivity index (χ3v) is 0. The second kappa shape index (κ2) is 4.27. The number of halogens is 1. The molecule has 0 unspecified atom stereocenters. The van der Waals surface area contributed by atoms with Gasteiger partial charge in [0.25, 0.3) is 0 Å². The molecule has 0 aliphatic rings. The molecule has 0 radical (unpaired) electrons. The first-order chi connectivity index (χ1) is 2.00. The van der Waals surface area contributed by atoms with Crippen LogP contribution in [0.25, 0.3) is 0 Å². The van der Waals surface area contributed by atoms with Gasteiger partial charge < -0.3 is 14.7 Å². The molecule has 0 saturated heterocycles. The first kappa shape index (κ1) is 15.7. The van der Waals surface area contributed by atoms with Crippen molar-refractivity contribution in [3.05, 3.63) is 0 Å². The lowest BCUT2D eigenvalue weighted by molar-refractivity contribution is 0.275. The van der Waals surface area contributed by atoms with Crippen molar-refractivity contribution in [3.8, 4) is 0 Å². The molecule has 0 atom stereocenters. The zero-order valence-electron chi connectivity index (χ0n) is 2.61. The van der Waals surface area contributed by atoms with Crippen LogP contribution in [0.5, 0.6) is 0 Å². The summed E-state index contributed by atoms with van der Waals surface area (Å²) < 4.78 is 8.88. The Kier molecular flexibility index (Phi) is 9.58. The van der Waals surface area contributed by atoms with Gasteiger partial charge in [-0.2, -0.15) is 0 Å². The third kappa shape index (κ3) is 9340. The van der Waals surface area contributed by atoms with Gasteiger partial charge in [0.15, 0.2) is 0 Å². The topological polar surface area (TPSA) is 77.8 Å². The van der Waals surface area contributed by atoms with E-state index in [4.69, 9.17) is 19.2 Å². The summed E-state index contributed by atoms with van der Waals surface area (Å²) in [6, 6.07) is 0. The molecule has 0 aromatic carbocycles. The molecule has 0 spiro atoms. The van der Waals surface area contributed by atoms with Gasteiger partial charge in [-0.3, -0.25) is 4.70 Å². The van der Waals surface area contributed by atoms with Crippen molar-refractivity contribution < 1.29 is 23.9 Å². The Hall–Kier alpha value is 0.105. The highest BCUT2D eigenvalue weighted by atomic mass is 31.2. The van der Waals surface area contributed by atoms with Crippen molar-refractivity contribution in [2.45, 2.75) is 0 Å². The van der Waals surface area contributed by atoms with Crippen molar-refractivity contribution in [2.75, 3.05) is 0 Å². The van der Waals surface area contributed by atoms with Crippen molar-refractivity contribution in [2.24, 2.45) is 0 Å². The van der Waals surface area contributed by atoms with E-state index in [9.17, 15) is 0 Å². The summed E-state index contributed by atoms with van der Waals surface area (Å²) >= 11 is 0. The predicted molar refractivity (Wildman–Crippen MR) is 26.7 cm³/mol. The molecular weight excluding hydrogens is 125 g/mol. The van der Waals surface area contributed by atoms with E-state index in [2.05, 4.69) is 0 Å². The molecule has 7 heavy (non-hydrogen) atoms. The Morgan fingerprint density at radius 3 is 1.14 bits per heavy atom. The van der Waals surface area contributed by atoms with Gasteiger partial charge in [-0.1, -0.05) is 0 Å². The van der Waals surface area contributed by atoms with E-state index in [1.165, 1.54) is 0 Å². The molecule has 0 aliphatic carbocycles. The molecule has 3 N–H and O–H groups in total. The molecule has 0 aromatic heterocycles. The van der Waals surface area contributed by atoms with Crippen molar-refractivity contribution in [3.63, 3.8) is 0 Å². The smallest absolute Gasteiger partial charge is 0.303 e. The maximum Gasteiger partial charge on any atom is 0.466 e. The molecule has 0 aromatic rings. The Balaban J connectivity index is -0.0000000800. The number of hydrogen-bond donors (Lipinski definition) is 3. The maximum atomic E-state index is 8.88. The van der Waals surface area contributed by atoms with Crippen molar-refractivity contribution in [1.29, 1.82) is 0 Å². The monoisotopic (exact) mass is 132 g/mol. The van der Waals surface area contributed by atoms with E-state index in [0.29, 0.717) is 0 Å². The van der Waals surface area contributed by atoms with Crippen LogP contribution >= 0.6 is 7.82 Å². The Morgan fingerprint density at radius 2 is 1.14 bits per heavy atom. The fraction of sp³-hybridized carbons (Fsp3) is 0. The minimum Gasteiger partial charge on any atom is -0.303 e. The third-order valence-electron chi connectivity index (χ3n) is 0. The minimum atomic E-state index is -4.64. The van der Waals surface area contributed by atoms with Crippen LogP contribution in [0.15, 0.2) is 0 Å². The molecular formula is H7BFO4P. The van der Waals surface area contributed by atoms with E-state index in [1.807, 2.05) is 0 Å². The number of rotatable bonds is 0. The molecule has 0 amide bonds. The highest BCUT2D eigenvalue weighted by Crippen LogP contribution is 2.25. The highest BCUT2D eigenvalue weighted by Gasteiger charge is 2.00. The lowest BCUT2D eigenvalue weighted by Crippen LogP contribution is -1.66. The summed E-state index contributed by atoms with van der Waals surface area (Å²) in [5, 5.41) is 0. The van der Waals surface area contributed by atoms with Crippen LogP contribution in [0, 0.1) is 0 Å². The summed E-state index contributed by atoms with van der Waals surface area (Å²) in [4.78, 5) is 21.6. The standard InChI is InChI=1S/BH3.FH.H3O4P/c;;1-5(2,3)4/h1H3;1H;(H3,1,2,3,4). The van der Waals surface area contributed by atoms with Crippen LogP contribution in [-0.4, -0.2) is 23.1 Å². The molecule has 4 nitrogen and oxygen atoms in total. The van der Waals surface area contributed by atoms with Gasteiger partial charge in [0.2, 0.25) is 0 Å². The minimum absolute atomic E-state index is 0. The first-order valence-electron chi connectivity index (χ1n) is 0.783. The van der Waals surface area contributed by atoms with Gasteiger partial charge in [-0.15, -0.1) is 0 Å². The van der Waals surface area contributed by atoms with Gasteiger partial charge in [0, 0.05) is 0 Å². The highest BCUT2D eigenvalue weighted by molar-refractivity contribution is 7.45. The van der Waals surface area contributed by atoms with Gasteiger partial charge >= 0.3 is 7.82 Å². The van der Waals surface area contributed by atoms with Crippen LogP contribution in [0.4, 0.5) is 4.70 Å².